The summed E-state index contributed by atoms with van der Waals surface area (Å²) in [5, 5.41) is 40.7. The van der Waals surface area contributed by atoms with Crippen molar-refractivity contribution in [1.29, 1.82) is 0 Å². The molecule has 0 radical (unpaired) electrons. The standard InChI is InChI=1S/C34H54N8O10S.C2HF3O2/c1-18(2)13-23(31(49)39-22(29(36)47)11-12-53-5)38-26(44)16-37-34(52)28(19(3)4)42-32(50)24(14-20-9-7-6-8-10-20)40-33(51)25(17-43)41-30(48)21(35)15-27(45)46;3-2(4,5)1(6)7/h6-10,18-19,21-25,28,43H,11-17,35H2,1-5H3,(H2,36,47)(H,37,52)(H,38,44)(H,39,49)(H,40,51)(H,41,48)(H,42,50)(H,45,46);(H,6,7). The average Bonchev–Trinajstić information content (AvgIpc) is 3.15. The number of carboxylic acid groups (broad SMARTS) is 2. The molecule has 0 aliphatic carbocycles. The summed E-state index contributed by atoms with van der Waals surface area (Å²) >= 11 is 1.48. The van der Waals surface area contributed by atoms with E-state index in [4.69, 9.17) is 26.5 Å². The molecule has 0 fully saturated rings. The molecule has 24 heteroatoms. The van der Waals surface area contributed by atoms with Crippen molar-refractivity contribution in [2.24, 2.45) is 23.3 Å². The summed E-state index contributed by atoms with van der Waals surface area (Å²) in [6.07, 6.45) is -3.50. The molecule has 0 aliphatic heterocycles. The monoisotopic (exact) mass is 880 g/mol. The van der Waals surface area contributed by atoms with Crippen molar-refractivity contribution in [3.05, 3.63) is 35.9 Å². The second kappa shape index (κ2) is 27.3. The first-order valence-corrected chi connectivity index (χ1v) is 19.7. The van der Waals surface area contributed by atoms with Crippen molar-refractivity contribution in [2.45, 2.75) is 95.8 Å². The molecule has 6 atom stereocenters. The molecular weight excluding hydrogens is 826 g/mol. The number of aliphatic carboxylic acids is 2. The Bertz CT molecular complexity index is 1620. The van der Waals surface area contributed by atoms with Crippen LogP contribution < -0.4 is 43.4 Å². The maximum absolute atomic E-state index is 13.6. The van der Waals surface area contributed by atoms with Crippen LogP contribution in [-0.2, 0) is 49.6 Å². The number of primary amides is 1. The smallest absolute Gasteiger partial charge is 0.481 e. The Kier molecular flexibility index (Phi) is 24.8. The van der Waals surface area contributed by atoms with Crippen LogP contribution in [0.1, 0.15) is 52.5 Å². The van der Waals surface area contributed by atoms with E-state index in [2.05, 4.69) is 31.9 Å². The van der Waals surface area contributed by atoms with Crippen LogP contribution in [-0.4, -0.2) is 136 Å². The van der Waals surface area contributed by atoms with Gasteiger partial charge in [0.2, 0.25) is 41.4 Å². The molecule has 338 valence electrons. The lowest BCUT2D eigenvalue weighted by atomic mass is 10.0. The molecule has 0 saturated heterocycles. The number of hydrogen-bond acceptors (Lipinski definition) is 12. The van der Waals surface area contributed by atoms with Crippen LogP contribution in [0.25, 0.3) is 0 Å². The molecule has 0 saturated carbocycles. The van der Waals surface area contributed by atoms with E-state index in [1.165, 1.54) is 11.8 Å². The second-order valence-corrected chi connectivity index (χ2v) is 14.9. The predicted molar refractivity (Wildman–Crippen MR) is 210 cm³/mol. The first-order valence-electron chi connectivity index (χ1n) is 18.3. The topological polar surface area (TPSA) is 339 Å². The molecule has 60 heavy (non-hydrogen) atoms. The number of aliphatic hydroxyl groups is 1. The Morgan fingerprint density at radius 3 is 1.73 bits per heavy atom. The third-order valence-electron chi connectivity index (χ3n) is 8.00. The summed E-state index contributed by atoms with van der Waals surface area (Å²) in [6.45, 7) is 5.51. The maximum atomic E-state index is 13.6. The lowest BCUT2D eigenvalue weighted by Crippen LogP contribution is -2.60. The van der Waals surface area contributed by atoms with Crippen LogP contribution in [0.3, 0.4) is 0 Å². The van der Waals surface area contributed by atoms with Gasteiger partial charge < -0.3 is 58.7 Å². The molecule has 0 aliphatic rings. The summed E-state index contributed by atoms with van der Waals surface area (Å²) in [7, 11) is 0. The minimum absolute atomic E-state index is 0.0258. The fraction of sp³-hybridized carbons (Fsp3) is 0.583. The number of benzene rings is 1. The summed E-state index contributed by atoms with van der Waals surface area (Å²) in [6, 6.07) is 0.971. The molecule has 13 N–H and O–H groups in total. The van der Waals surface area contributed by atoms with Crippen LogP contribution in [0.5, 0.6) is 0 Å². The fourth-order valence-corrected chi connectivity index (χ4v) is 5.36. The number of hydrogen-bond donors (Lipinski definition) is 11. The minimum Gasteiger partial charge on any atom is -0.481 e. The Hall–Kier alpha value is -5.49. The summed E-state index contributed by atoms with van der Waals surface area (Å²) < 4.78 is 31.7. The van der Waals surface area contributed by atoms with Crippen molar-refractivity contribution < 1.29 is 71.6 Å². The van der Waals surface area contributed by atoms with E-state index in [1.54, 1.807) is 44.2 Å². The van der Waals surface area contributed by atoms with Gasteiger partial charge in [0.1, 0.15) is 30.2 Å². The number of carbonyl (C=O) groups is 9. The minimum atomic E-state index is -5.08. The highest BCUT2D eigenvalue weighted by molar-refractivity contribution is 7.98. The SMILES string of the molecule is CSCCC(NC(=O)C(CC(C)C)NC(=O)CNC(=O)C(NC(=O)C(Cc1ccccc1)NC(=O)C(CO)NC(=O)C(N)CC(=O)O)C(C)C)C(N)=O.O=C(O)C(F)(F)F. The normalized spacial score (nSPS) is 14.1. The van der Waals surface area contributed by atoms with Crippen molar-refractivity contribution in [2.75, 3.05) is 25.2 Å². The first kappa shape index (κ1) is 54.5. The zero-order valence-corrected chi connectivity index (χ0v) is 34.5. The molecule has 7 amide bonds. The van der Waals surface area contributed by atoms with Crippen molar-refractivity contribution in [3.63, 3.8) is 0 Å². The Morgan fingerprint density at radius 2 is 1.27 bits per heavy atom. The van der Waals surface area contributed by atoms with Crippen molar-refractivity contribution in [3.8, 4) is 0 Å². The first-order chi connectivity index (χ1) is 27.8. The van der Waals surface area contributed by atoms with Gasteiger partial charge in [-0.25, -0.2) is 4.79 Å². The lowest BCUT2D eigenvalue weighted by molar-refractivity contribution is -0.192. The Labute approximate surface area is 348 Å². The number of carbonyl (C=O) groups excluding carboxylic acids is 7. The van der Waals surface area contributed by atoms with Gasteiger partial charge >= 0.3 is 18.1 Å². The highest BCUT2D eigenvalue weighted by Crippen LogP contribution is 2.13. The predicted octanol–water partition coefficient (Wildman–Crippen LogP) is -1.86. The molecule has 1 aromatic rings. The number of nitrogens with two attached hydrogens (primary N) is 2. The zero-order chi connectivity index (χ0) is 46.3. The Morgan fingerprint density at radius 1 is 0.750 bits per heavy atom. The van der Waals surface area contributed by atoms with E-state index in [-0.39, 0.29) is 18.8 Å². The molecule has 20 nitrogen and oxygen atoms in total. The number of thioether (sulfide) groups is 1. The largest absolute Gasteiger partial charge is 0.490 e. The van der Waals surface area contributed by atoms with Crippen LogP contribution in [0.4, 0.5) is 13.2 Å². The van der Waals surface area contributed by atoms with Crippen molar-refractivity contribution in [1.82, 2.24) is 31.9 Å². The highest BCUT2D eigenvalue weighted by Gasteiger charge is 2.38. The number of carboxylic acids is 2. The Balaban J connectivity index is 0.00000453. The van der Waals surface area contributed by atoms with Crippen LogP contribution in [0.15, 0.2) is 30.3 Å². The third-order valence-corrected chi connectivity index (χ3v) is 8.65. The molecular formula is C36H55F3N8O12S. The van der Waals surface area contributed by atoms with E-state index in [1.807, 2.05) is 20.1 Å². The number of halogens is 3. The van der Waals surface area contributed by atoms with Crippen LogP contribution in [0.2, 0.25) is 0 Å². The molecule has 0 spiro atoms. The number of rotatable bonds is 24. The quantitative estimate of drug-likeness (QED) is 0.0543. The van der Waals surface area contributed by atoms with Gasteiger partial charge in [0.25, 0.3) is 0 Å². The maximum Gasteiger partial charge on any atom is 0.490 e. The molecule has 1 aromatic carbocycles. The van der Waals surface area contributed by atoms with Crippen LogP contribution >= 0.6 is 11.8 Å². The number of aliphatic hydroxyl groups excluding tert-OH is 1. The van der Waals surface area contributed by atoms with E-state index >= 15 is 0 Å². The molecule has 0 bridgehead atoms. The summed E-state index contributed by atoms with van der Waals surface area (Å²) in [4.78, 5) is 110. The number of amides is 7. The van der Waals surface area contributed by atoms with Crippen LogP contribution in [0, 0.1) is 11.8 Å². The molecule has 0 aromatic heterocycles. The summed E-state index contributed by atoms with van der Waals surface area (Å²) in [5.74, 6) is -9.62. The van der Waals surface area contributed by atoms with E-state index < -0.39 is 121 Å². The lowest BCUT2D eigenvalue weighted by Gasteiger charge is -2.27. The molecule has 1 rings (SSSR count). The number of nitrogens with one attached hydrogen (secondary N) is 6. The average molecular weight is 881 g/mol. The van der Waals surface area contributed by atoms with E-state index in [0.717, 1.165) is 0 Å². The second-order valence-electron chi connectivity index (χ2n) is 13.9. The van der Waals surface area contributed by atoms with Gasteiger partial charge in [-0.1, -0.05) is 58.0 Å². The van der Waals surface area contributed by atoms with Gasteiger partial charge in [0.15, 0.2) is 0 Å². The van der Waals surface area contributed by atoms with Gasteiger partial charge in [0, 0.05) is 6.42 Å². The van der Waals surface area contributed by atoms with Gasteiger partial charge in [-0.05, 0) is 42.2 Å². The van der Waals surface area contributed by atoms with E-state index in [0.29, 0.717) is 17.7 Å². The highest BCUT2D eigenvalue weighted by atomic mass is 32.2. The third kappa shape index (κ3) is 22.0. The van der Waals surface area contributed by atoms with Gasteiger partial charge in [-0.15, -0.1) is 0 Å². The van der Waals surface area contributed by atoms with Gasteiger partial charge in [-0.2, -0.15) is 24.9 Å². The molecule has 0 heterocycles. The van der Waals surface area contributed by atoms with E-state index in [9.17, 15) is 56.6 Å². The van der Waals surface area contributed by atoms with Gasteiger partial charge in [0.05, 0.1) is 25.6 Å². The summed E-state index contributed by atoms with van der Waals surface area (Å²) in [5.41, 5.74) is 11.6. The van der Waals surface area contributed by atoms with Crippen molar-refractivity contribution >= 4 is 65.1 Å². The van der Waals surface area contributed by atoms with Gasteiger partial charge in [-0.3, -0.25) is 38.4 Å². The fourth-order valence-electron chi connectivity index (χ4n) is 4.89. The molecule has 6 unspecified atom stereocenters. The number of alkyl halides is 3. The zero-order valence-electron chi connectivity index (χ0n) is 33.7.